The van der Waals surface area contributed by atoms with Crippen molar-refractivity contribution in [2.24, 2.45) is 0 Å². The van der Waals surface area contributed by atoms with Crippen LogP contribution >= 0.6 is 11.6 Å². The molecule has 0 aliphatic heterocycles. The Morgan fingerprint density at radius 1 is 1.00 bits per heavy atom. The molecule has 32 heavy (non-hydrogen) atoms. The lowest BCUT2D eigenvalue weighted by molar-refractivity contribution is 0.0950. The summed E-state index contributed by atoms with van der Waals surface area (Å²) < 4.78 is 17.1. The third-order valence-electron chi connectivity index (χ3n) is 5.00. The lowest BCUT2D eigenvalue weighted by atomic mass is 10.1. The van der Waals surface area contributed by atoms with Gasteiger partial charge >= 0.3 is 0 Å². The summed E-state index contributed by atoms with van der Waals surface area (Å²) in [5.41, 5.74) is 2.58. The number of benzene rings is 2. The highest BCUT2D eigenvalue weighted by Gasteiger charge is 2.12. The first-order valence-electron chi connectivity index (χ1n) is 9.96. The van der Waals surface area contributed by atoms with Crippen molar-refractivity contribution in [3.63, 3.8) is 0 Å². The second-order valence-corrected chi connectivity index (χ2v) is 7.70. The normalized spacial score (nSPS) is 10.8. The van der Waals surface area contributed by atoms with Crippen LogP contribution in [0, 0.1) is 5.82 Å². The van der Waals surface area contributed by atoms with E-state index in [0.29, 0.717) is 18.7 Å². The van der Waals surface area contributed by atoms with E-state index in [9.17, 15) is 14.0 Å². The molecule has 0 aliphatic rings. The molecule has 4 rings (SSSR count). The Labute approximate surface area is 188 Å². The van der Waals surface area contributed by atoms with Crippen LogP contribution in [-0.2, 0) is 19.6 Å². The van der Waals surface area contributed by atoms with Gasteiger partial charge < -0.3 is 9.88 Å². The van der Waals surface area contributed by atoms with E-state index in [1.54, 1.807) is 33.8 Å². The van der Waals surface area contributed by atoms with Gasteiger partial charge in [0.25, 0.3) is 11.5 Å². The third kappa shape index (κ3) is 5.12. The van der Waals surface area contributed by atoms with Crippen molar-refractivity contribution >= 4 is 17.5 Å². The minimum Gasteiger partial charge on any atom is -0.348 e. The predicted molar refractivity (Wildman–Crippen MR) is 120 cm³/mol. The Morgan fingerprint density at radius 2 is 1.75 bits per heavy atom. The van der Waals surface area contributed by atoms with Gasteiger partial charge in [-0.05, 0) is 29.3 Å². The Kier molecular flexibility index (Phi) is 6.47. The topological polar surface area (TPSA) is 68.9 Å². The molecular formula is C24H20ClFN4O2. The Balaban J connectivity index is 1.36. The second kappa shape index (κ2) is 9.62. The molecule has 2 heterocycles. The van der Waals surface area contributed by atoms with Crippen LogP contribution in [-0.4, -0.2) is 20.3 Å². The van der Waals surface area contributed by atoms with E-state index in [4.69, 9.17) is 11.6 Å². The van der Waals surface area contributed by atoms with Crippen molar-refractivity contribution in [2.75, 3.05) is 0 Å². The van der Waals surface area contributed by atoms with Crippen LogP contribution < -0.4 is 10.9 Å². The van der Waals surface area contributed by atoms with E-state index in [-0.39, 0.29) is 28.6 Å². The van der Waals surface area contributed by atoms with Crippen molar-refractivity contribution in [1.82, 2.24) is 19.7 Å². The molecule has 0 atom stereocenters. The maximum Gasteiger partial charge on any atom is 0.254 e. The molecule has 0 radical (unpaired) electrons. The number of amides is 1. The highest BCUT2D eigenvalue weighted by molar-refractivity contribution is 6.31. The number of carbonyl (C=O) groups is 1. The summed E-state index contributed by atoms with van der Waals surface area (Å²) in [7, 11) is 0. The van der Waals surface area contributed by atoms with Gasteiger partial charge in [-0.15, -0.1) is 0 Å². The summed E-state index contributed by atoms with van der Waals surface area (Å²) in [4.78, 5) is 24.2. The van der Waals surface area contributed by atoms with Gasteiger partial charge in [0.1, 0.15) is 5.82 Å². The van der Waals surface area contributed by atoms with Crippen molar-refractivity contribution in [3.05, 3.63) is 123 Å². The fourth-order valence-corrected chi connectivity index (χ4v) is 3.49. The predicted octanol–water partition coefficient (Wildman–Crippen LogP) is 3.86. The highest BCUT2D eigenvalue weighted by Crippen LogP contribution is 2.18. The van der Waals surface area contributed by atoms with Crippen LogP contribution in [0.3, 0.4) is 0 Å². The minimum absolute atomic E-state index is 0.0124. The van der Waals surface area contributed by atoms with Gasteiger partial charge in [0.15, 0.2) is 0 Å². The third-order valence-corrected chi connectivity index (χ3v) is 5.36. The molecule has 0 fully saturated rings. The molecule has 0 unspecified atom stereocenters. The zero-order chi connectivity index (χ0) is 22.5. The number of carbonyl (C=O) groups excluding carboxylic acids is 1. The molecule has 162 valence electrons. The Morgan fingerprint density at radius 3 is 2.47 bits per heavy atom. The van der Waals surface area contributed by atoms with Crippen LogP contribution in [0.25, 0.3) is 0 Å². The number of halogens is 2. The van der Waals surface area contributed by atoms with Crippen LogP contribution in [0.1, 0.15) is 27.0 Å². The summed E-state index contributed by atoms with van der Waals surface area (Å²) in [6, 6.07) is 17.3. The van der Waals surface area contributed by atoms with Crippen molar-refractivity contribution < 1.29 is 9.18 Å². The number of aromatic nitrogens is 3. The molecule has 0 bridgehead atoms. The molecule has 2 aromatic carbocycles. The minimum atomic E-state index is -0.464. The zero-order valence-corrected chi connectivity index (χ0v) is 17.8. The van der Waals surface area contributed by atoms with E-state index >= 15 is 0 Å². The molecule has 0 aliphatic carbocycles. The summed E-state index contributed by atoms with van der Waals surface area (Å²) in [6.45, 7) is 0.970. The summed E-state index contributed by atoms with van der Waals surface area (Å²) in [5, 5.41) is 7.16. The number of rotatable bonds is 7. The van der Waals surface area contributed by atoms with Gasteiger partial charge in [-0.25, -0.2) is 4.39 Å². The molecular weight excluding hydrogens is 431 g/mol. The SMILES string of the molecule is O=C(NCc1c(F)cccc1Cl)c1cnn(Cc2ccc(Cn3ccccc3=O)cc2)c1. The van der Waals surface area contributed by atoms with E-state index in [1.165, 1.54) is 24.4 Å². The van der Waals surface area contributed by atoms with Crippen LogP contribution in [0.15, 0.2) is 84.0 Å². The fourth-order valence-electron chi connectivity index (χ4n) is 3.26. The summed E-state index contributed by atoms with van der Waals surface area (Å²) in [6.07, 6.45) is 4.86. The first kappa shape index (κ1) is 21.5. The number of hydrogen-bond donors (Lipinski definition) is 1. The van der Waals surface area contributed by atoms with Gasteiger partial charge in [0.05, 0.1) is 24.8 Å². The van der Waals surface area contributed by atoms with E-state index in [1.807, 2.05) is 30.3 Å². The molecule has 1 N–H and O–H groups in total. The van der Waals surface area contributed by atoms with Gasteiger partial charge in [-0.2, -0.15) is 5.10 Å². The van der Waals surface area contributed by atoms with Crippen LogP contribution in [0.2, 0.25) is 5.02 Å². The first-order valence-corrected chi connectivity index (χ1v) is 10.3. The maximum absolute atomic E-state index is 13.9. The van der Waals surface area contributed by atoms with E-state index in [2.05, 4.69) is 10.4 Å². The zero-order valence-electron chi connectivity index (χ0n) is 17.0. The second-order valence-electron chi connectivity index (χ2n) is 7.29. The summed E-state index contributed by atoms with van der Waals surface area (Å²) >= 11 is 5.99. The molecule has 8 heteroatoms. The van der Waals surface area contributed by atoms with Gasteiger partial charge in [0.2, 0.25) is 0 Å². The number of nitrogens with one attached hydrogen (secondary N) is 1. The molecule has 0 saturated carbocycles. The van der Waals surface area contributed by atoms with Crippen molar-refractivity contribution in [1.29, 1.82) is 0 Å². The lowest BCUT2D eigenvalue weighted by Crippen LogP contribution is -2.23. The lowest BCUT2D eigenvalue weighted by Gasteiger charge is -2.07. The van der Waals surface area contributed by atoms with Crippen LogP contribution in [0.5, 0.6) is 0 Å². The highest BCUT2D eigenvalue weighted by atomic mass is 35.5. The Bertz CT molecular complexity index is 1280. The molecule has 0 saturated heterocycles. The Hall–Kier alpha value is -3.71. The average molecular weight is 451 g/mol. The molecule has 2 aromatic heterocycles. The maximum atomic E-state index is 13.9. The van der Waals surface area contributed by atoms with Crippen molar-refractivity contribution in [3.8, 4) is 0 Å². The first-order chi connectivity index (χ1) is 15.5. The summed E-state index contributed by atoms with van der Waals surface area (Å²) in [5.74, 6) is -0.826. The number of pyridine rings is 1. The average Bonchev–Trinajstić information content (AvgIpc) is 3.25. The molecule has 1 amide bonds. The van der Waals surface area contributed by atoms with Crippen LogP contribution in [0.4, 0.5) is 4.39 Å². The van der Waals surface area contributed by atoms with Gasteiger partial charge in [-0.1, -0.05) is 48.0 Å². The number of nitrogens with zero attached hydrogens (tertiary/aromatic N) is 3. The molecule has 4 aromatic rings. The quantitative estimate of drug-likeness (QED) is 0.465. The van der Waals surface area contributed by atoms with Crippen molar-refractivity contribution in [2.45, 2.75) is 19.6 Å². The largest absolute Gasteiger partial charge is 0.348 e. The standard InChI is InChI=1S/C24H20ClFN4O2/c25-21-4-3-5-22(26)20(21)13-27-24(32)19-12-28-30(16-19)15-18-9-7-17(8-10-18)14-29-11-2-1-6-23(29)31/h1-12,16H,13-15H2,(H,27,32). The number of hydrogen-bond acceptors (Lipinski definition) is 3. The van der Waals surface area contributed by atoms with Gasteiger partial charge in [0, 0.05) is 35.6 Å². The molecule has 0 spiro atoms. The van der Waals surface area contributed by atoms with E-state index in [0.717, 1.165) is 11.1 Å². The van der Waals surface area contributed by atoms with E-state index < -0.39 is 5.82 Å². The fraction of sp³-hybridized carbons (Fsp3) is 0.125. The monoisotopic (exact) mass is 450 g/mol. The smallest absolute Gasteiger partial charge is 0.254 e. The van der Waals surface area contributed by atoms with Gasteiger partial charge in [-0.3, -0.25) is 14.3 Å². The molecule has 6 nitrogen and oxygen atoms in total.